The number of fused-ring (bicyclic) bond motifs is 12. The van der Waals surface area contributed by atoms with Crippen molar-refractivity contribution in [3.8, 4) is 109 Å². The molecule has 7 aromatic heterocycles. The monoisotopic (exact) mass is 1250 g/mol. The third kappa shape index (κ3) is 8.61. The first-order valence-corrected chi connectivity index (χ1v) is 31.7. The Labute approximate surface area is 559 Å². The zero-order valence-electron chi connectivity index (χ0n) is 51.8. The number of para-hydroxylation sites is 2. The molecule has 0 unspecified atom stereocenters. The molecule has 0 aliphatic rings. The lowest BCUT2D eigenvalue weighted by Gasteiger charge is -2.28. The lowest BCUT2D eigenvalue weighted by molar-refractivity contribution is 1.08. The van der Waals surface area contributed by atoms with Crippen LogP contribution in [-0.4, -0.2) is 38.2 Å². The van der Waals surface area contributed by atoms with Gasteiger partial charge in [0, 0.05) is 94.7 Å². The van der Waals surface area contributed by atoms with Crippen LogP contribution in [0, 0.1) is 56.7 Å². The standard InChI is InChI=1S/C85H45N13/c86-44-51-25-29-74-65(37-51)66-38-52(45-87)26-30-75(66)95(74)59-19-11-17-57(41-59)80-69(48-90)82(71-43-70(55-13-3-1-4-14-55)93-85(94-71)56-15-5-2-6-16-56)81(58-18-12-20-60(42-58)96-76-31-27-53(46-88)39-67(76)68-40-54(47-89)28-32-77(68)96)84(98-73-24-10-8-22-62(73)64-34-36-92-50-79(64)98)83(80)97-72-23-9-7-21-61(72)63-33-35-91-49-78(63)97/h1-43,49-50H. The number of benzene rings is 11. The van der Waals surface area contributed by atoms with Crippen molar-refractivity contribution in [2.45, 2.75) is 0 Å². The van der Waals surface area contributed by atoms with Crippen molar-refractivity contribution in [3.05, 3.63) is 301 Å². The largest absolute Gasteiger partial charge is 0.309 e. The molecule has 13 heteroatoms. The van der Waals surface area contributed by atoms with Crippen LogP contribution in [0.3, 0.4) is 0 Å². The molecular weight excluding hydrogens is 1200 g/mol. The van der Waals surface area contributed by atoms with Crippen LogP contribution in [0.25, 0.3) is 166 Å². The summed E-state index contributed by atoms with van der Waals surface area (Å²) in [5.74, 6) is 0.443. The van der Waals surface area contributed by atoms with Gasteiger partial charge in [0.2, 0.25) is 0 Å². The van der Waals surface area contributed by atoms with Crippen LogP contribution < -0.4 is 0 Å². The molecule has 0 aliphatic carbocycles. The van der Waals surface area contributed by atoms with Crippen molar-refractivity contribution >= 4 is 87.2 Å². The smallest absolute Gasteiger partial charge is 0.160 e. The number of hydrogen-bond donors (Lipinski definition) is 0. The second-order valence-electron chi connectivity index (χ2n) is 24.1. The third-order valence-corrected chi connectivity index (χ3v) is 18.9. The van der Waals surface area contributed by atoms with E-state index >= 15 is 0 Å². The molecule has 18 rings (SSSR count). The first-order chi connectivity index (χ1) is 48.4. The van der Waals surface area contributed by atoms with Crippen LogP contribution in [0.4, 0.5) is 0 Å². The molecule has 0 atom stereocenters. The molecule has 98 heavy (non-hydrogen) atoms. The summed E-state index contributed by atoms with van der Waals surface area (Å²) in [6, 6.07) is 94.3. The summed E-state index contributed by atoms with van der Waals surface area (Å²) in [5.41, 5.74) is 17.5. The summed E-state index contributed by atoms with van der Waals surface area (Å²) in [5, 5.41) is 61.4. The highest BCUT2D eigenvalue weighted by atomic mass is 15.1. The highest BCUT2D eigenvalue weighted by Gasteiger charge is 2.34. The number of aromatic nitrogens is 8. The first-order valence-electron chi connectivity index (χ1n) is 31.7. The van der Waals surface area contributed by atoms with Gasteiger partial charge in [0.25, 0.3) is 0 Å². The highest BCUT2D eigenvalue weighted by Crippen LogP contribution is 2.53. The van der Waals surface area contributed by atoms with Gasteiger partial charge in [-0.05, 0) is 139 Å². The highest BCUT2D eigenvalue weighted by molar-refractivity contribution is 6.16. The van der Waals surface area contributed by atoms with Crippen LogP contribution in [0.5, 0.6) is 0 Å². The molecular formula is C85H45N13. The quantitative estimate of drug-likeness (QED) is 0.135. The fraction of sp³-hybridized carbons (Fsp3) is 0. The van der Waals surface area contributed by atoms with Gasteiger partial charge in [0.15, 0.2) is 5.82 Å². The van der Waals surface area contributed by atoms with Gasteiger partial charge < -0.3 is 18.3 Å². The second kappa shape index (κ2) is 22.3. The maximum atomic E-state index is 13.1. The van der Waals surface area contributed by atoms with E-state index in [1.165, 1.54) is 0 Å². The van der Waals surface area contributed by atoms with Crippen LogP contribution in [-0.2, 0) is 0 Å². The van der Waals surface area contributed by atoms with E-state index in [-0.39, 0.29) is 0 Å². The van der Waals surface area contributed by atoms with Gasteiger partial charge in [-0.15, -0.1) is 0 Å². The van der Waals surface area contributed by atoms with Gasteiger partial charge in [-0.3, -0.25) is 9.97 Å². The first kappa shape index (κ1) is 56.2. The van der Waals surface area contributed by atoms with Crippen molar-refractivity contribution < 1.29 is 0 Å². The number of rotatable bonds is 9. The van der Waals surface area contributed by atoms with E-state index in [9.17, 15) is 26.3 Å². The summed E-state index contributed by atoms with van der Waals surface area (Å²) in [6.07, 6.45) is 7.45. The second-order valence-corrected chi connectivity index (χ2v) is 24.1. The molecule has 0 saturated carbocycles. The molecule has 0 N–H and O–H groups in total. The van der Waals surface area contributed by atoms with Crippen molar-refractivity contribution in [2.75, 3.05) is 0 Å². The van der Waals surface area contributed by atoms with Crippen molar-refractivity contribution in [1.82, 2.24) is 38.2 Å². The Kier molecular flexibility index (Phi) is 12.8. The lowest BCUT2D eigenvalue weighted by Crippen LogP contribution is -2.12. The molecule has 18 aromatic rings. The van der Waals surface area contributed by atoms with E-state index in [4.69, 9.17) is 19.9 Å². The average Bonchev–Trinajstić information content (AvgIpc) is 1.34. The van der Waals surface area contributed by atoms with Gasteiger partial charge in [-0.25, -0.2) is 9.97 Å². The summed E-state index contributed by atoms with van der Waals surface area (Å²) in [7, 11) is 0. The maximum absolute atomic E-state index is 13.1. The summed E-state index contributed by atoms with van der Waals surface area (Å²) >= 11 is 0. The van der Waals surface area contributed by atoms with Crippen molar-refractivity contribution in [3.63, 3.8) is 0 Å². The number of hydrogen-bond acceptors (Lipinski definition) is 9. The number of pyridine rings is 2. The van der Waals surface area contributed by atoms with E-state index in [1.807, 2.05) is 195 Å². The molecule has 0 radical (unpaired) electrons. The van der Waals surface area contributed by atoms with Crippen LogP contribution in [0.15, 0.2) is 274 Å². The van der Waals surface area contributed by atoms with E-state index in [0.717, 1.165) is 115 Å². The molecule has 0 aliphatic heterocycles. The summed E-state index contributed by atoms with van der Waals surface area (Å²) in [6.45, 7) is 0. The zero-order chi connectivity index (χ0) is 65.7. The Morgan fingerprint density at radius 2 is 0.653 bits per heavy atom. The van der Waals surface area contributed by atoms with Crippen LogP contribution in [0.1, 0.15) is 27.8 Å². The van der Waals surface area contributed by atoms with Crippen LogP contribution >= 0.6 is 0 Å². The Hall–Kier alpha value is -14.6. The summed E-state index contributed by atoms with van der Waals surface area (Å²) < 4.78 is 8.91. The SMILES string of the molecule is N#Cc1ccc2c(c1)c1cc(C#N)ccc1n2-c1cccc(-c2c(C#N)c(-c3cc(-c4ccccc4)nc(-c4ccccc4)n3)c(-c3cccc(-n4c5ccc(C#N)cc5c5cc(C#N)ccc54)c3)c(-n3c4ccccc4c4ccncc43)c2-n2c3ccccc3c3ccncc32)c1. The topological polar surface area (TPSA) is 190 Å². The van der Waals surface area contributed by atoms with Gasteiger partial charge in [-0.2, -0.15) is 26.3 Å². The van der Waals surface area contributed by atoms with E-state index < -0.39 is 0 Å². The molecule has 450 valence electrons. The van der Waals surface area contributed by atoms with E-state index in [1.54, 1.807) is 0 Å². The Morgan fingerprint density at radius 3 is 1.11 bits per heavy atom. The number of nitrogens with zero attached hydrogens (tertiary/aromatic N) is 13. The summed E-state index contributed by atoms with van der Waals surface area (Å²) in [4.78, 5) is 20.9. The molecule has 0 fully saturated rings. The maximum Gasteiger partial charge on any atom is 0.160 e. The van der Waals surface area contributed by atoms with Gasteiger partial charge in [-0.1, -0.05) is 121 Å². The molecule has 0 bridgehead atoms. The molecule has 0 amide bonds. The molecule has 11 aromatic carbocycles. The predicted molar refractivity (Wildman–Crippen MR) is 386 cm³/mol. The fourth-order valence-corrected chi connectivity index (χ4v) is 14.7. The van der Waals surface area contributed by atoms with Crippen molar-refractivity contribution in [1.29, 1.82) is 26.3 Å². The molecule has 0 saturated heterocycles. The minimum atomic E-state index is 0.302. The Balaban J connectivity index is 1.08. The zero-order valence-corrected chi connectivity index (χ0v) is 51.8. The molecule has 7 heterocycles. The van der Waals surface area contributed by atoms with E-state index in [2.05, 4.69) is 127 Å². The third-order valence-electron chi connectivity index (χ3n) is 18.9. The Bertz CT molecular complexity index is 6380. The van der Waals surface area contributed by atoms with Gasteiger partial charge in [0.1, 0.15) is 6.07 Å². The van der Waals surface area contributed by atoms with Crippen LogP contribution in [0.2, 0.25) is 0 Å². The van der Waals surface area contributed by atoms with Gasteiger partial charge >= 0.3 is 0 Å². The predicted octanol–water partition coefficient (Wildman–Crippen LogP) is 19.3. The minimum absolute atomic E-state index is 0.302. The minimum Gasteiger partial charge on any atom is -0.309 e. The average molecular weight is 1250 g/mol. The van der Waals surface area contributed by atoms with E-state index in [0.29, 0.717) is 78.7 Å². The Morgan fingerprint density at radius 1 is 0.265 bits per heavy atom. The number of nitriles is 5. The normalized spacial score (nSPS) is 11.4. The lowest BCUT2D eigenvalue weighted by atomic mass is 9.84. The fourth-order valence-electron chi connectivity index (χ4n) is 14.7. The molecule has 13 nitrogen and oxygen atoms in total. The van der Waals surface area contributed by atoms with Gasteiger partial charge in [0.05, 0.1) is 131 Å². The van der Waals surface area contributed by atoms with Crippen molar-refractivity contribution in [2.24, 2.45) is 0 Å². The molecule has 0 spiro atoms.